The maximum Gasteiger partial charge on any atom is 0.343 e. The molecule has 0 radical (unpaired) electrons. The molecule has 138 valence electrons. The quantitative estimate of drug-likeness (QED) is 0.344. The van der Waals surface area contributed by atoms with Gasteiger partial charge in [-0.1, -0.05) is 17.2 Å². The zero-order chi connectivity index (χ0) is 19.0. The third-order valence-electron chi connectivity index (χ3n) is 4.52. The predicted octanol–water partition coefficient (Wildman–Crippen LogP) is 3.70. The molecular formula is C18H15N3O6. The summed E-state index contributed by atoms with van der Waals surface area (Å²) < 4.78 is 26.8. The van der Waals surface area contributed by atoms with Gasteiger partial charge in [0.25, 0.3) is 0 Å². The summed E-state index contributed by atoms with van der Waals surface area (Å²) in [4.78, 5) is 15.4. The molecule has 9 heteroatoms. The molecule has 0 saturated carbocycles. The lowest BCUT2D eigenvalue weighted by molar-refractivity contribution is 0.0326. The van der Waals surface area contributed by atoms with E-state index >= 15 is 0 Å². The van der Waals surface area contributed by atoms with Crippen LogP contribution in [0.3, 0.4) is 0 Å². The molecule has 2 aromatic carbocycles. The van der Waals surface area contributed by atoms with Crippen molar-refractivity contribution in [1.29, 1.82) is 0 Å². The summed E-state index contributed by atoms with van der Waals surface area (Å²) in [5.41, 5.74) is 10.5. The number of hydrogen-bond acceptors (Lipinski definition) is 7. The van der Waals surface area contributed by atoms with Crippen LogP contribution >= 0.6 is 0 Å². The average Bonchev–Trinajstić information content (AvgIpc) is 3.29. The molecule has 0 bridgehead atoms. The lowest BCUT2D eigenvalue weighted by atomic mass is 9.94. The largest absolute Gasteiger partial charge is 0.493 e. The van der Waals surface area contributed by atoms with Gasteiger partial charge < -0.3 is 23.7 Å². The Labute approximate surface area is 154 Å². The average molecular weight is 369 g/mol. The van der Waals surface area contributed by atoms with Crippen LogP contribution in [0.15, 0.2) is 35.4 Å². The highest BCUT2D eigenvalue weighted by atomic mass is 16.7. The number of rotatable bonds is 5. The molecule has 4 rings (SSSR count). The molecule has 2 atom stereocenters. The van der Waals surface area contributed by atoms with E-state index < -0.39 is 18.1 Å². The Balaban J connectivity index is 1.81. The Morgan fingerprint density at radius 2 is 2.00 bits per heavy atom. The molecule has 0 aromatic heterocycles. The summed E-state index contributed by atoms with van der Waals surface area (Å²) in [7, 11) is 2.93. The first-order valence-corrected chi connectivity index (χ1v) is 8.07. The van der Waals surface area contributed by atoms with Gasteiger partial charge in [0.15, 0.2) is 23.0 Å². The van der Waals surface area contributed by atoms with E-state index in [-0.39, 0.29) is 18.1 Å². The molecule has 2 heterocycles. The molecule has 0 fully saturated rings. The fourth-order valence-electron chi connectivity index (χ4n) is 3.32. The number of fused-ring (bicyclic) bond motifs is 2. The Morgan fingerprint density at radius 3 is 2.74 bits per heavy atom. The number of ether oxygens (including phenoxy) is 5. The maximum absolute atomic E-state index is 12.5. The van der Waals surface area contributed by atoms with E-state index in [1.165, 1.54) is 14.2 Å². The number of cyclic esters (lactones) is 1. The van der Waals surface area contributed by atoms with Gasteiger partial charge in [-0.05, 0) is 29.3 Å². The van der Waals surface area contributed by atoms with Gasteiger partial charge in [0.05, 0.1) is 14.2 Å². The van der Waals surface area contributed by atoms with Crippen LogP contribution in [0.4, 0.5) is 0 Å². The van der Waals surface area contributed by atoms with Gasteiger partial charge in [-0.15, -0.1) is 0 Å². The second-order valence-corrected chi connectivity index (χ2v) is 5.85. The minimum Gasteiger partial charge on any atom is -0.493 e. The third kappa shape index (κ3) is 2.65. The van der Waals surface area contributed by atoms with Gasteiger partial charge in [0.1, 0.15) is 17.7 Å². The molecule has 2 aliphatic rings. The van der Waals surface area contributed by atoms with E-state index in [1.807, 2.05) is 0 Å². The summed E-state index contributed by atoms with van der Waals surface area (Å²) in [6.07, 6.45) is -0.802. The second-order valence-electron chi connectivity index (χ2n) is 5.85. The Hall–Kier alpha value is -3.58. The van der Waals surface area contributed by atoms with E-state index in [4.69, 9.17) is 29.2 Å². The van der Waals surface area contributed by atoms with Gasteiger partial charge in [-0.3, -0.25) is 0 Å². The molecule has 0 unspecified atom stereocenters. The van der Waals surface area contributed by atoms with Crippen molar-refractivity contribution in [1.82, 2.24) is 0 Å². The summed E-state index contributed by atoms with van der Waals surface area (Å²) in [5.74, 6) is 1.28. The van der Waals surface area contributed by atoms with Crippen LogP contribution in [-0.2, 0) is 4.74 Å². The molecule has 0 saturated heterocycles. The van der Waals surface area contributed by atoms with E-state index in [0.29, 0.717) is 28.4 Å². The predicted molar refractivity (Wildman–Crippen MR) is 92.2 cm³/mol. The van der Waals surface area contributed by atoms with Crippen molar-refractivity contribution >= 4 is 5.97 Å². The van der Waals surface area contributed by atoms with Crippen molar-refractivity contribution in [2.75, 3.05) is 21.0 Å². The highest BCUT2D eigenvalue weighted by molar-refractivity contribution is 5.98. The molecule has 0 N–H and O–H groups in total. The molecular weight excluding hydrogens is 354 g/mol. The smallest absolute Gasteiger partial charge is 0.343 e. The van der Waals surface area contributed by atoms with Crippen LogP contribution in [0.25, 0.3) is 10.4 Å². The van der Waals surface area contributed by atoms with Crippen molar-refractivity contribution < 1.29 is 28.5 Å². The maximum atomic E-state index is 12.5. The number of hydrogen-bond donors (Lipinski definition) is 0. The molecule has 2 aromatic rings. The van der Waals surface area contributed by atoms with Crippen LogP contribution in [0.1, 0.15) is 33.6 Å². The fraction of sp³-hybridized carbons (Fsp3) is 0.278. The van der Waals surface area contributed by atoms with Crippen LogP contribution in [0, 0.1) is 0 Å². The first-order chi connectivity index (χ1) is 13.2. The van der Waals surface area contributed by atoms with Gasteiger partial charge >= 0.3 is 5.97 Å². The zero-order valence-electron chi connectivity index (χ0n) is 14.5. The minimum absolute atomic E-state index is 0.128. The molecule has 0 aliphatic carbocycles. The van der Waals surface area contributed by atoms with Crippen molar-refractivity contribution in [3.63, 3.8) is 0 Å². The van der Waals surface area contributed by atoms with Crippen LogP contribution < -0.4 is 18.9 Å². The fourth-order valence-corrected chi connectivity index (χ4v) is 3.32. The van der Waals surface area contributed by atoms with Crippen molar-refractivity contribution in [2.24, 2.45) is 5.11 Å². The number of carbonyl (C=O) groups excluding carboxylic acids is 1. The molecule has 9 nitrogen and oxygen atoms in total. The van der Waals surface area contributed by atoms with Gasteiger partial charge in [-0.2, -0.15) is 0 Å². The van der Waals surface area contributed by atoms with Gasteiger partial charge in [0.2, 0.25) is 6.79 Å². The van der Waals surface area contributed by atoms with Gasteiger partial charge in [0, 0.05) is 10.5 Å². The first kappa shape index (κ1) is 16.9. The molecule has 2 aliphatic heterocycles. The highest BCUT2D eigenvalue weighted by Crippen LogP contribution is 2.48. The van der Waals surface area contributed by atoms with E-state index in [2.05, 4.69) is 10.0 Å². The second kappa shape index (κ2) is 6.62. The van der Waals surface area contributed by atoms with Crippen molar-refractivity contribution in [2.45, 2.75) is 12.1 Å². The topological polar surface area (TPSA) is 112 Å². The lowest BCUT2D eigenvalue weighted by Gasteiger charge is -2.19. The van der Waals surface area contributed by atoms with Crippen LogP contribution in [0.5, 0.6) is 23.0 Å². The summed E-state index contributed by atoms with van der Waals surface area (Å²) in [6, 6.07) is 7.80. The standard InChI is InChI=1S/C18H15N3O6/c1-23-12-6-4-10-14(17(12)24-2)18(22)27-16(10)15(20-21-19)9-3-5-11-13(7-9)26-8-25-11/h3-7,15-16H,8H2,1-2H3/t15-,16-/m1/s1. The Bertz CT molecular complexity index is 970. The SMILES string of the molecule is COc1ccc2c(c1OC)C(=O)O[C@H]2[C@H](N=[N+]=[N-])c1ccc2c(c1)OCO2. The van der Waals surface area contributed by atoms with Crippen molar-refractivity contribution in [3.8, 4) is 23.0 Å². The molecule has 0 amide bonds. The monoisotopic (exact) mass is 369 g/mol. The number of methoxy groups -OCH3 is 2. The number of nitrogens with zero attached hydrogens (tertiary/aromatic N) is 3. The van der Waals surface area contributed by atoms with Crippen LogP contribution in [-0.4, -0.2) is 27.0 Å². The number of carbonyl (C=O) groups is 1. The van der Waals surface area contributed by atoms with Crippen molar-refractivity contribution in [3.05, 3.63) is 57.5 Å². The lowest BCUT2D eigenvalue weighted by Crippen LogP contribution is -2.09. The summed E-state index contributed by atoms with van der Waals surface area (Å²) in [5, 5.41) is 3.87. The van der Waals surface area contributed by atoms with E-state index in [0.717, 1.165) is 0 Å². The third-order valence-corrected chi connectivity index (χ3v) is 4.52. The van der Waals surface area contributed by atoms with E-state index in [1.54, 1.807) is 30.3 Å². The number of esters is 1. The Kier molecular flexibility index (Phi) is 4.13. The summed E-state index contributed by atoms with van der Waals surface area (Å²) >= 11 is 0. The molecule has 27 heavy (non-hydrogen) atoms. The summed E-state index contributed by atoms with van der Waals surface area (Å²) in [6.45, 7) is 0.128. The van der Waals surface area contributed by atoms with Crippen LogP contribution in [0.2, 0.25) is 0 Å². The minimum atomic E-state index is -0.802. The normalized spacial score (nSPS) is 17.6. The Morgan fingerprint density at radius 1 is 1.19 bits per heavy atom. The van der Waals surface area contributed by atoms with Gasteiger partial charge in [-0.25, -0.2) is 4.79 Å². The zero-order valence-corrected chi connectivity index (χ0v) is 14.5. The number of azide groups is 1. The molecule has 0 spiro atoms. The highest BCUT2D eigenvalue weighted by Gasteiger charge is 2.40. The van der Waals surface area contributed by atoms with E-state index in [9.17, 15) is 4.79 Å². The number of benzene rings is 2. The first-order valence-electron chi connectivity index (χ1n) is 8.07.